The number of ether oxygens (including phenoxy) is 1. The lowest BCUT2D eigenvalue weighted by Gasteiger charge is -2.37. The Morgan fingerprint density at radius 2 is 1.89 bits per heavy atom. The van der Waals surface area contributed by atoms with Gasteiger partial charge in [-0.05, 0) is 50.2 Å². The third-order valence-electron chi connectivity index (χ3n) is 4.96. The fourth-order valence-electron chi connectivity index (χ4n) is 3.46. The zero-order chi connectivity index (χ0) is 19.0. The Kier molecular flexibility index (Phi) is 4.62. The number of nitrogens with zero attached hydrogens (tertiary/aromatic N) is 2. The van der Waals surface area contributed by atoms with Crippen molar-refractivity contribution in [3.63, 3.8) is 0 Å². The Morgan fingerprint density at radius 3 is 2.67 bits per heavy atom. The minimum Gasteiger partial charge on any atom is -0.375 e. The highest BCUT2D eigenvalue weighted by atomic mass is 19.1. The van der Waals surface area contributed by atoms with Crippen LogP contribution >= 0.6 is 0 Å². The van der Waals surface area contributed by atoms with Crippen molar-refractivity contribution >= 4 is 16.8 Å². The zero-order valence-electron chi connectivity index (χ0n) is 15.4. The number of fused-ring (bicyclic) bond motifs is 1. The summed E-state index contributed by atoms with van der Waals surface area (Å²) in [4.78, 5) is 19.9. The minimum absolute atomic E-state index is 0.00909. The van der Waals surface area contributed by atoms with E-state index in [4.69, 9.17) is 4.74 Å². The Hall–Kier alpha value is -2.79. The van der Waals surface area contributed by atoms with Gasteiger partial charge >= 0.3 is 0 Å². The highest BCUT2D eigenvalue weighted by molar-refractivity contribution is 6.07. The van der Waals surface area contributed by atoms with Crippen LogP contribution in [0.25, 0.3) is 22.2 Å². The van der Waals surface area contributed by atoms with E-state index in [0.717, 1.165) is 16.5 Å². The number of morpholine rings is 1. The molecule has 0 bridgehead atoms. The lowest BCUT2D eigenvalue weighted by atomic mass is 10.0. The van der Waals surface area contributed by atoms with Gasteiger partial charge in [-0.3, -0.25) is 4.79 Å². The summed E-state index contributed by atoms with van der Waals surface area (Å²) in [5.74, 6) is -0.327. The number of pyridine rings is 1. The van der Waals surface area contributed by atoms with Crippen molar-refractivity contribution < 1.29 is 13.9 Å². The monoisotopic (exact) mass is 364 g/mol. The van der Waals surface area contributed by atoms with Crippen LogP contribution in [0.2, 0.25) is 0 Å². The molecule has 0 radical (unpaired) electrons. The maximum Gasteiger partial charge on any atom is 0.255 e. The third-order valence-corrected chi connectivity index (χ3v) is 4.96. The molecule has 3 aromatic rings. The van der Waals surface area contributed by atoms with Gasteiger partial charge < -0.3 is 9.64 Å². The van der Waals surface area contributed by atoms with Gasteiger partial charge in [-0.25, -0.2) is 9.37 Å². The maximum absolute atomic E-state index is 13.4. The molecule has 1 aliphatic rings. The molecule has 0 spiro atoms. The van der Waals surface area contributed by atoms with Gasteiger partial charge in [-0.15, -0.1) is 0 Å². The molecule has 0 N–H and O–H groups in total. The molecule has 0 saturated carbocycles. The molecule has 4 rings (SSSR count). The number of carbonyl (C=O) groups is 1. The van der Waals surface area contributed by atoms with Crippen LogP contribution in [0.3, 0.4) is 0 Å². The summed E-state index contributed by atoms with van der Waals surface area (Å²) in [5.41, 5.74) is 2.79. The first-order valence-electron chi connectivity index (χ1n) is 9.11. The Morgan fingerprint density at radius 1 is 1.15 bits per heavy atom. The van der Waals surface area contributed by atoms with Gasteiger partial charge in [0, 0.05) is 17.5 Å². The van der Waals surface area contributed by atoms with E-state index in [1.54, 1.807) is 12.1 Å². The summed E-state index contributed by atoms with van der Waals surface area (Å²) in [6.45, 7) is 5.05. The van der Waals surface area contributed by atoms with E-state index in [1.807, 2.05) is 49.1 Å². The molecule has 27 heavy (non-hydrogen) atoms. The van der Waals surface area contributed by atoms with E-state index >= 15 is 0 Å². The molecule has 1 amide bonds. The summed E-state index contributed by atoms with van der Waals surface area (Å²) >= 11 is 0. The maximum atomic E-state index is 13.4. The molecule has 2 atom stereocenters. The van der Waals surface area contributed by atoms with Crippen molar-refractivity contribution in [2.75, 3.05) is 13.2 Å². The lowest BCUT2D eigenvalue weighted by molar-refractivity contribution is -0.0386. The molecule has 1 aliphatic heterocycles. The normalized spacial score (nSPS) is 20.0. The average molecular weight is 364 g/mol. The number of benzene rings is 2. The van der Waals surface area contributed by atoms with E-state index in [-0.39, 0.29) is 23.9 Å². The van der Waals surface area contributed by atoms with Gasteiger partial charge in [-0.2, -0.15) is 0 Å². The van der Waals surface area contributed by atoms with Crippen LogP contribution < -0.4 is 0 Å². The van der Waals surface area contributed by atoms with Gasteiger partial charge in [-0.1, -0.05) is 18.2 Å². The summed E-state index contributed by atoms with van der Waals surface area (Å²) in [7, 11) is 0. The topological polar surface area (TPSA) is 42.4 Å². The summed E-state index contributed by atoms with van der Waals surface area (Å²) < 4.78 is 18.9. The van der Waals surface area contributed by atoms with E-state index in [9.17, 15) is 9.18 Å². The molecule has 1 aromatic heterocycles. The van der Waals surface area contributed by atoms with Gasteiger partial charge in [0.15, 0.2) is 0 Å². The molecule has 0 aliphatic carbocycles. The van der Waals surface area contributed by atoms with Crippen molar-refractivity contribution in [2.45, 2.75) is 26.0 Å². The average Bonchev–Trinajstić information content (AvgIpc) is 2.69. The molecule has 1 fully saturated rings. The number of carbonyl (C=O) groups excluding carboxylic acids is 1. The number of aromatic nitrogens is 1. The summed E-state index contributed by atoms with van der Waals surface area (Å²) in [6, 6.07) is 15.6. The fraction of sp³-hybridized carbons (Fsp3) is 0.273. The van der Waals surface area contributed by atoms with Crippen LogP contribution in [-0.2, 0) is 4.74 Å². The molecular formula is C22H21FN2O2. The van der Waals surface area contributed by atoms with Gasteiger partial charge in [0.2, 0.25) is 0 Å². The van der Waals surface area contributed by atoms with Crippen LogP contribution in [0.4, 0.5) is 4.39 Å². The fourth-order valence-corrected chi connectivity index (χ4v) is 3.46. The number of hydrogen-bond acceptors (Lipinski definition) is 3. The van der Waals surface area contributed by atoms with E-state index in [1.165, 1.54) is 12.1 Å². The second kappa shape index (κ2) is 7.08. The first-order chi connectivity index (χ1) is 13.0. The van der Waals surface area contributed by atoms with Gasteiger partial charge in [0.05, 0.1) is 35.5 Å². The zero-order valence-corrected chi connectivity index (χ0v) is 15.4. The van der Waals surface area contributed by atoms with Crippen molar-refractivity contribution in [1.82, 2.24) is 9.88 Å². The third kappa shape index (κ3) is 3.43. The van der Waals surface area contributed by atoms with E-state index < -0.39 is 0 Å². The smallest absolute Gasteiger partial charge is 0.255 e. The van der Waals surface area contributed by atoms with Crippen LogP contribution in [-0.4, -0.2) is 41.1 Å². The van der Waals surface area contributed by atoms with Crippen molar-refractivity contribution in [1.29, 1.82) is 0 Å². The summed E-state index contributed by atoms with van der Waals surface area (Å²) in [6.07, 6.45) is 0.00909. The largest absolute Gasteiger partial charge is 0.375 e. The quantitative estimate of drug-likeness (QED) is 0.681. The molecule has 5 heteroatoms. The lowest BCUT2D eigenvalue weighted by Crippen LogP contribution is -2.50. The summed E-state index contributed by atoms with van der Waals surface area (Å²) in [5, 5.41) is 0.819. The predicted molar refractivity (Wildman–Crippen MR) is 103 cm³/mol. The number of rotatable bonds is 2. The Labute approximate surface area is 157 Å². The van der Waals surface area contributed by atoms with Crippen LogP contribution in [0.1, 0.15) is 24.2 Å². The molecule has 4 nitrogen and oxygen atoms in total. The van der Waals surface area contributed by atoms with Crippen molar-refractivity contribution in [2.24, 2.45) is 0 Å². The van der Waals surface area contributed by atoms with E-state index in [2.05, 4.69) is 4.98 Å². The molecule has 138 valence electrons. The predicted octanol–water partition coefficient (Wildman–Crippen LogP) is 4.29. The SMILES string of the molecule is CC1CN(C(=O)c2cc(-c3ccc(F)cc3)nc3ccccc23)C(C)CO1. The standard InChI is InChI=1S/C22H21FN2O2/c1-14-13-27-15(2)12-25(14)22(26)19-11-21(16-7-9-17(23)10-8-16)24-20-6-4-3-5-18(19)20/h3-11,14-15H,12-13H2,1-2H3. The second-order valence-corrected chi connectivity index (χ2v) is 7.03. The van der Waals surface area contributed by atoms with Crippen LogP contribution in [0.5, 0.6) is 0 Å². The first-order valence-corrected chi connectivity index (χ1v) is 9.11. The van der Waals surface area contributed by atoms with Gasteiger partial charge in [0.25, 0.3) is 5.91 Å². The van der Waals surface area contributed by atoms with Crippen LogP contribution in [0, 0.1) is 5.82 Å². The van der Waals surface area contributed by atoms with Crippen LogP contribution in [0.15, 0.2) is 54.6 Å². The van der Waals surface area contributed by atoms with E-state index in [0.29, 0.717) is 24.4 Å². The molecular weight excluding hydrogens is 343 g/mol. The minimum atomic E-state index is -0.299. The Bertz CT molecular complexity index is 987. The molecule has 2 heterocycles. The number of halogens is 1. The number of amides is 1. The van der Waals surface area contributed by atoms with Gasteiger partial charge in [0.1, 0.15) is 5.82 Å². The Balaban J connectivity index is 1.83. The highest BCUT2D eigenvalue weighted by Gasteiger charge is 2.29. The first kappa shape index (κ1) is 17.6. The molecule has 2 unspecified atom stereocenters. The molecule has 1 saturated heterocycles. The second-order valence-electron chi connectivity index (χ2n) is 7.03. The number of hydrogen-bond donors (Lipinski definition) is 0. The molecule has 2 aromatic carbocycles. The van der Waals surface area contributed by atoms with Crippen molar-refractivity contribution in [3.05, 3.63) is 66.0 Å². The highest BCUT2D eigenvalue weighted by Crippen LogP contribution is 2.27. The van der Waals surface area contributed by atoms with Crippen molar-refractivity contribution in [3.8, 4) is 11.3 Å². The number of para-hydroxylation sites is 1.